The van der Waals surface area contributed by atoms with Crippen molar-refractivity contribution in [2.75, 3.05) is 33.9 Å². The number of nitrogens with zero attached hydrogens (tertiary/aromatic N) is 1. The molecule has 1 aliphatic rings. The number of ketones is 1. The number of hydrogen-bond acceptors (Lipinski definition) is 4. The first-order valence-corrected chi connectivity index (χ1v) is 8.60. The van der Waals surface area contributed by atoms with E-state index in [1.807, 2.05) is 0 Å². The van der Waals surface area contributed by atoms with E-state index in [0.717, 1.165) is 32.0 Å². The van der Waals surface area contributed by atoms with Crippen LogP contribution in [0.2, 0.25) is 5.02 Å². The average Bonchev–Trinajstić information content (AvgIpc) is 2.56. The summed E-state index contributed by atoms with van der Waals surface area (Å²) in [6.07, 6.45) is 3.88. The van der Waals surface area contributed by atoms with E-state index in [1.165, 1.54) is 20.0 Å². The summed E-state index contributed by atoms with van der Waals surface area (Å²) in [5.74, 6) is 1.85. The smallest absolute Gasteiger partial charge is 0.180 e. The number of Topliss-reactive ketones (excluding diaryl/α,β-unsaturated/α-hetero) is 1. The molecule has 128 valence electrons. The van der Waals surface area contributed by atoms with Gasteiger partial charge in [0.25, 0.3) is 0 Å². The summed E-state index contributed by atoms with van der Waals surface area (Å²) in [5.41, 5.74) is 0.511. The molecule has 0 amide bonds. The van der Waals surface area contributed by atoms with Crippen molar-refractivity contribution in [3.8, 4) is 11.5 Å². The number of ether oxygens (including phenoxy) is 2. The van der Waals surface area contributed by atoms with E-state index in [-0.39, 0.29) is 5.78 Å². The summed E-state index contributed by atoms with van der Waals surface area (Å²) in [6, 6.07) is 3.44. The zero-order valence-corrected chi connectivity index (χ0v) is 15.0. The first-order chi connectivity index (χ1) is 11.1. The molecule has 0 saturated carbocycles. The van der Waals surface area contributed by atoms with Gasteiger partial charge in [-0.15, -0.1) is 0 Å². The minimum absolute atomic E-state index is 0.0568. The Bertz CT molecular complexity index is 539. The van der Waals surface area contributed by atoms with Crippen LogP contribution >= 0.6 is 11.6 Å². The summed E-state index contributed by atoms with van der Waals surface area (Å²) in [4.78, 5) is 14.9. The van der Waals surface area contributed by atoms with E-state index in [1.54, 1.807) is 19.2 Å². The Morgan fingerprint density at radius 2 is 1.96 bits per heavy atom. The molecule has 0 aliphatic carbocycles. The normalized spacial score (nSPS) is 16.3. The fourth-order valence-electron chi connectivity index (χ4n) is 2.99. The van der Waals surface area contributed by atoms with Crippen molar-refractivity contribution in [3.63, 3.8) is 0 Å². The van der Waals surface area contributed by atoms with Gasteiger partial charge in [0.2, 0.25) is 0 Å². The summed E-state index contributed by atoms with van der Waals surface area (Å²) < 4.78 is 10.4. The van der Waals surface area contributed by atoms with Crippen molar-refractivity contribution < 1.29 is 14.3 Å². The zero-order valence-electron chi connectivity index (χ0n) is 14.2. The lowest BCUT2D eigenvalue weighted by atomic mass is 9.99. The second-order valence-corrected chi connectivity index (χ2v) is 6.59. The number of methoxy groups -OCH3 is 2. The minimum Gasteiger partial charge on any atom is -0.493 e. The lowest BCUT2D eigenvalue weighted by Crippen LogP contribution is -2.33. The number of carbonyl (C=O) groups is 1. The van der Waals surface area contributed by atoms with Crippen molar-refractivity contribution in [3.05, 3.63) is 22.7 Å². The van der Waals surface area contributed by atoms with Gasteiger partial charge in [-0.3, -0.25) is 4.79 Å². The Hall–Kier alpha value is -1.26. The van der Waals surface area contributed by atoms with Gasteiger partial charge in [0, 0.05) is 12.0 Å². The molecule has 1 aromatic carbocycles. The van der Waals surface area contributed by atoms with Crippen LogP contribution in [0.5, 0.6) is 11.5 Å². The first-order valence-electron chi connectivity index (χ1n) is 8.22. The third-order valence-corrected chi connectivity index (χ3v) is 4.92. The molecule has 0 spiro atoms. The van der Waals surface area contributed by atoms with Crippen LogP contribution < -0.4 is 9.47 Å². The van der Waals surface area contributed by atoms with Gasteiger partial charge in [0.05, 0.1) is 19.2 Å². The van der Waals surface area contributed by atoms with E-state index in [9.17, 15) is 4.79 Å². The fraction of sp³-hybridized carbons (Fsp3) is 0.611. The number of carbonyl (C=O) groups excluding carboxylic acids is 1. The molecule has 1 aromatic rings. The highest BCUT2D eigenvalue weighted by Crippen LogP contribution is 2.37. The molecule has 5 heteroatoms. The van der Waals surface area contributed by atoms with Gasteiger partial charge in [-0.2, -0.15) is 0 Å². The number of benzene rings is 1. The predicted molar refractivity (Wildman–Crippen MR) is 93.0 cm³/mol. The Labute approximate surface area is 143 Å². The summed E-state index contributed by atoms with van der Waals surface area (Å²) in [6.45, 7) is 5.57. The van der Waals surface area contributed by atoms with Crippen molar-refractivity contribution in [1.29, 1.82) is 0 Å². The molecule has 1 heterocycles. The molecule has 1 fully saturated rings. The zero-order chi connectivity index (χ0) is 16.8. The highest BCUT2D eigenvalue weighted by atomic mass is 35.5. The molecule has 0 aromatic heterocycles. The van der Waals surface area contributed by atoms with E-state index in [0.29, 0.717) is 28.5 Å². The summed E-state index contributed by atoms with van der Waals surface area (Å²) in [5, 5.41) is 0.337. The number of likely N-dealkylation sites (tertiary alicyclic amines) is 1. The van der Waals surface area contributed by atoms with Crippen molar-refractivity contribution >= 4 is 17.4 Å². The molecular formula is C18H26ClNO3. The maximum absolute atomic E-state index is 12.4. The first kappa shape index (κ1) is 18.1. The minimum atomic E-state index is 0.0568. The SMILES string of the molecule is COc1ccc(C(=O)CCCN2CCC(C)CC2)c(Cl)c1OC. The van der Waals surface area contributed by atoms with Gasteiger partial charge in [0.15, 0.2) is 17.3 Å². The van der Waals surface area contributed by atoms with Crippen LogP contribution in [0.3, 0.4) is 0 Å². The van der Waals surface area contributed by atoms with Crippen LogP contribution in [0.25, 0.3) is 0 Å². The summed E-state index contributed by atoms with van der Waals surface area (Å²) >= 11 is 6.30. The third-order valence-electron chi connectivity index (χ3n) is 4.54. The van der Waals surface area contributed by atoms with Gasteiger partial charge >= 0.3 is 0 Å². The molecule has 0 bridgehead atoms. The topological polar surface area (TPSA) is 38.8 Å². The van der Waals surface area contributed by atoms with E-state index in [4.69, 9.17) is 21.1 Å². The molecular weight excluding hydrogens is 314 g/mol. The number of halogens is 1. The largest absolute Gasteiger partial charge is 0.493 e. The standard InChI is InChI=1S/C18H26ClNO3/c1-13-8-11-20(12-9-13)10-4-5-15(21)14-6-7-16(22-2)18(23-3)17(14)19/h6-7,13H,4-5,8-12H2,1-3H3. The lowest BCUT2D eigenvalue weighted by molar-refractivity contribution is 0.0970. The van der Waals surface area contributed by atoms with Crippen LogP contribution in [0.15, 0.2) is 12.1 Å². The Balaban J connectivity index is 1.91. The average molecular weight is 340 g/mol. The van der Waals surface area contributed by atoms with Crippen molar-refractivity contribution in [2.24, 2.45) is 5.92 Å². The van der Waals surface area contributed by atoms with Gasteiger partial charge in [-0.05, 0) is 56.9 Å². The molecule has 0 radical (unpaired) electrons. The maximum Gasteiger partial charge on any atom is 0.180 e. The van der Waals surface area contributed by atoms with E-state index < -0.39 is 0 Å². The third kappa shape index (κ3) is 4.61. The quantitative estimate of drug-likeness (QED) is 0.702. The molecule has 1 saturated heterocycles. The second kappa shape index (κ2) is 8.55. The van der Waals surface area contributed by atoms with Crippen molar-refractivity contribution in [2.45, 2.75) is 32.6 Å². The van der Waals surface area contributed by atoms with Crippen LogP contribution in [0.1, 0.15) is 43.0 Å². The molecule has 0 N–H and O–H groups in total. The highest BCUT2D eigenvalue weighted by molar-refractivity contribution is 6.35. The van der Waals surface area contributed by atoms with Crippen LogP contribution in [-0.2, 0) is 0 Å². The molecule has 0 unspecified atom stereocenters. The number of piperidine rings is 1. The van der Waals surface area contributed by atoms with Crippen LogP contribution in [-0.4, -0.2) is 44.5 Å². The van der Waals surface area contributed by atoms with Gasteiger partial charge in [0.1, 0.15) is 0 Å². The van der Waals surface area contributed by atoms with Crippen LogP contribution in [0.4, 0.5) is 0 Å². The van der Waals surface area contributed by atoms with Crippen molar-refractivity contribution in [1.82, 2.24) is 4.90 Å². The van der Waals surface area contributed by atoms with Crippen LogP contribution in [0, 0.1) is 5.92 Å². The molecule has 1 aliphatic heterocycles. The Kier molecular flexibility index (Phi) is 6.72. The van der Waals surface area contributed by atoms with E-state index in [2.05, 4.69) is 11.8 Å². The van der Waals surface area contributed by atoms with E-state index >= 15 is 0 Å². The van der Waals surface area contributed by atoms with Gasteiger partial charge in [-0.1, -0.05) is 18.5 Å². The summed E-state index contributed by atoms with van der Waals surface area (Å²) in [7, 11) is 3.07. The molecule has 4 nitrogen and oxygen atoms in total. The lowest BCUT2D eigenvalue weighted by Gasteiger charge is -2.30. The highest BCUT2D eigenvalue weighted by Gasteiger charge is 2.19. The van der Waals surface area contributed by atoms with Gasteiger partial charge in [-0.25, -0.2) is 0 Å². The molecule has 0 atom stereocenters. The van der Waals surface area contributed by atoms with Gasteiger partial charge < -0.3 is 14.4 Å². The number of hydrogen-bond donors (Lipinski definition) is 0. The Morgan fingerprint density at radius 1 is 1.26 bits per heavy atom. The maximum atomic E-state index is 12.4. The number of rotatable bonds is 7. The fourth-order valence-corrected chi connectivity index (χ4v) is 3.33. The second-order valence-electron chi connectivity index (χ2n) is 6.21. The predicted octanol–water partition coefficient (Wildman–Crippen LogP) is 4.05. The molecule has 23 heavy (non-hydrogen) atoms. The Morgan fingerprint density at radius 3 is 2.57 bits per heavy atom. The molecule has 2 rings (SSSR count). The monoisotopic (exact) mass is 339 g/mol.